The fourth-order valence-corrected chi connectivity index (χ4v) is 4.37. The Labute approximate surface area is 181 Å². The number of hydrogen-bond donors (Lipinski definition) is 2. The van der Waals surface area contributed by atoms with Crippen LogP contribution in [0.4, 0.5) is 13.2 Å². The normalized spacial score (nSPS) is 22.2. The molecular weight excluding hydrogens is 401 g/mol. The molecule has 3 rings (SSSR count). The largest absolute Gasteiger partial charge is 0.386 e. The van der Waals surface area contributed by atoms with E-state index in [4.69, 9.17) is 5.73 Å². The Kier molecular flexibility index (Phi) is 7.91. The van der Waals surface area contributed by atoms with Crippen molar-refractivity contribution in [3.8, 4) is 0 Å². The molecule has 3 N–H and O–H groups in total. The average Bonchev–Trinajstić information content (AvgIpc) is 2.70. The molecule has 2 aromatic rings. The summed E-state index contributed by atoms with van der Waals surface area (Å²) in [5.41, 5.74) is 8.00. The summed E-state index contributed by atoms with van der Waals surface area (Å²) < 4.78 is 41.2. The number of carbonyl (C=O) groups is 1. The van der Waals surface area contributed by atoms with Crippen LogP contribution in [0.25, 0.3) is 5.57 Å². The molecule has 1 aliphatic rings. The lowest BCUT2D eigenvalue weighted by Crippen LogP contribution is -2.30. The van der Waals surface area contributed by atoms with Gasteiger partial charge in [0.05, 0.1) is 0 Å². The number of benzene rings is 2. The maximum atomic E-state index is 14.0. The molecule has 0 aromatic heterocycles. The number of rotatable bonds is 7. The molecular formula is C25H29F3N2O. The van der Waals surface area contributed by atoms with Crippen LogP contribution in [0.2, 0.25) is 0 Å². The number of ketones is 1. The Morgan fingerprint density at radius 3 is 2.48 bits per heavy atom. The zero-order chi connectivity index (χ0) is 22.4. The smallest absolute Gasteiger partial charge is 0.168 e. The Morgan fingerprint density at radius 1 is 1.06 bits per heavy atom. The lowest BCUT2D eigenvalue weighted by atomic mass is 9.76. The lowest BCUT2D eigenvalue weighted by Gasteiger charge is -2.29. The molecule has 3 nitrogen and oxygen atoms in total. The van der Waals surface area contributed by atoms with Crippen molar-refractivity contribution >= 4 is 11.4 Å². The number of nitrogens with one attached hydrogen (secondary N) is 1. The summed E-state index contributed by atoms with van der Waals surface area (Å²) in [5, 5.41) is 3.27. The topological polar surface area (TPSA) is 55.1 Å². The molecule has 0 saturated heterocycles. The van der Waals surface area contributed by atoms with Crippen LogP contribution < -0.4 is 11.1 Å². The standard InChI is InChI=1S/C25H29F3N2O/c1-16-4-2-7-23(30-11-10-29)24(18-5-3-6-19(26)14-18)25(31)22(16)9-8-17-12-20(27)15-21(28)13-17/h3,5-6,12-16,22,30H,2,4,7-11,29H2,1H3/b24-23+. The molecule has 2 aromatic carbocycles. The molecule has 6 heteroatoms. The number of carbonyl (C=O) groups excluding carboxylic acids is 1. The van der Waals surface area contributed by atoms with Crippen LogP contribution in [0, 0.1) is 29.3 Å². The second kappa shape index (κ2) is 10.6. The van der Waals surface area contributed by atoms with Gasteiger partial charge in [-0.1, -0.05) is 19.1 Å². The van der Waals surface area contributed by atoms with E-state index in [2.05, 4.69) is 5.32 Å². The minimum atomic E-state index is -0.624. The summed E-state index contributed by atoms with van der Waals surface area (Å²) in [5.74, 6) is -1.95. The summed E-state index contributed by atoms with van der Waals surface area (Å²) >= 11 is 0. The lowest BCUT2D eigenvalue weighted by molar-refractivity contribution is -0.119. The van der Waals surface area contributed by atoms with Gasteiger partial charge in [-0.3, -0.25) is 4.79 Å². The molecule has 2 atom stereocenters. The molecule has 166 valence electrons. The van der Waals surface area contributed by atoms with Crippen molar-refractivity contribution in [3.63, 3.8) is 0 Å². The molecule has 0 aliphatic heterocycles. The van der Waals surface area contributed by atoms with Crippen LogP contribution >= 0.6 is 0 Å². The highest BCUT2D eigenvalue weighted by atomic mass is 19.1. The molecule has 2 unspecified atom stereocenters. The van der Waals surface area contributed by atoms with Crippen LogP contribution in [0.3, 0.4) is 0 Å². The van der Waals surface area contributed by atoms with Crippen molar-refractivity contribution in [1.29, 1.82) is 0 Å². The summed E-state index contributed by atoms with van der Waals surface area (Å²) in [4.78, 5) is 13.7. The number of hydrogen-bond acceptors (Lipinski definition) is 3. The molecule has 0 spiro atoms. The van der Waals surface area contributed by atoms with E-state index >= 15 is 0 Å². The monoisotopic (exact) mass is 430 g/mol. The Hall–Kier alpha value is -2.60. The van der Waals surface area contributed by atoms with E-state index in [0.29, 0.717) is 49.1 Å². The van der Waals surface area contributed by atoms with E-state index in [1.807, 2.05) is 6.92 Å². The Morgan fingerprint density at radius 2 is 1.81 bits per heavy atom. The van der Waals surface area contributed by atoms with Crippen molar-refractivity contribution in [1.82, 2.24) is 5.32 Å². The van der Waals surface area contributed by atoms with Crippen LogP contribution in [0.1, 0.15) is 43.7 Å². The molecule has 1 aliphatic carbocycles. The van der Waals surface area contributed by atoms with Gasteiger partial charge in [0, 0.05) is 36.3 Å². The maximum Gasteiger partial charge on any atom is 0.168 e. The highest BCUT2D eigenvalue weighted by Gasteiger charge is 2.32. The first-order valence-electron chi connectivity index (χ1n) is 10.8. The van der Waals surface area contributed by atoms with Crippen LogP contribution in [-0.4, -0.2) is 18.9 Å². The first-order chi connectivity index (χ1) is 14.9. The quantitative estimate of drug-likeness (QED) is 0.650. The van der Waals surface area contributed by atoms with E-state index in [-0.39, 0.29) is 17.6 Å². The summed E-state index contributed by atoms with van der Waals surface area (Å²) in [6, 6.07) is 9.51. The van der Waals surface area contributed by atoms with Gasteiger partial charge in [-0.25, -0.2) is 13.2 Å². The zero-order valence-electron chi connectivity index (χ0n) is 17.8. The van der Waals surface area contributed by atoms with Gasteiger partial charge in [0.15, 0.2) is 5.78 Å². The fourth-order valence-electron chi connectivity index (χ4n) is 4.37. The summed E-state index contributed by atoms with van der Waals surface area (Å²) in [6.45, 7) is 2.97. The molecule has 31 heavy (non-hydrogen) atoms. The average molecular weight is 431 g/mol. The first kappa shape index (κ1) is 23.1. The van der Waals surface area contributed by atoms with Gasteiger partial charge in [0.1, 0.15) is 17.5 Å². The third-order valence-electron chi connectivity index (χ3n) is 5.92. The predicted octanol–water partition coefficient (Wildman–Crippen LogP) is 5.00. The van der Waals surface area contributed by atoms with Gasteiger partial charge in [-0.15, -0.1) is 0 Å². The first-order valence-corrected chi connectivity index (χ1v) is 10.8. The van der Waals surface area contributed by atoms with Crippen molar-refractivity contribution in [2.24, 2.45) is 17.6 Å². The maximum absolute atomic E-state index is 14.0. The number of Topliss-reactive ketones (excluding diaryl/α,β-unsaturated/α-hetero) is 1. The Balaban J connectivity index is 1.95. The minimum Gasteiger partial charge on any atom is -0.386 e. The molecule has 0 heterocycles. The fraction of sp³-hybridized carbons (Fsp3) is 0.400. The van der Waals surface area contributed by atoms with E-state index in [9.17, 15) is 18.0 Å². The van der Waals surface area contributed by atoms with Gasteiger partial charge in [-0.05, 0) is 73.4 Å². The third kappa shape index (κ3) is 5.97. The second-order valence-electron chi connectivity index (χ2n) is 8.24. The SMILES string of the molecule is CC1CCC/C(NCCN)=C(/c2cccc(F)c2)C(=O)C1CCc1cc(F)cc(F)c1. The van der Waals surface area contributed by atoms with Gasteiger partial charge >= 0.3 is 0 Å². The van der Waals surface area contributed by atoms with Gasteiger partial charge in [0.2, 0.25) is 0 Å². The van der Waals surface area contributed by atoms with E-state index in [1.165, 1.54) is 24.3 Å². The zero-order valence-corrected chi connectivity index (χ0v) is 17.8. The number of nitrogens with two attached hydrogens (primary N) is 1. The van der Waals surface area contributed by atoms with Crippen molar-refractivity contribution in [3.05, 3.63) is 76.7 Å². The molecule has 0 radical (unpaired) electrons. The van der Waals surface area contributed by atoms with E-state index in [1.54, 1.807) is 12.1 Å². The minimum absolute atomic E-state index is 0.0609. The summed E-state index contributed by atoms with van der Waals surface area (Å²) in [7, 11) is 0. The molecule has 0 fully saturated rings. The van der Waals surface area contributed by atoms with Gasteiger partial charge in [-0.2, -0.15) is 0 Å². The molecule has 0 amide bonds. The van der Waals surface area contributed by atoms with E-state index < -0.39 is 17.5 Å². The van der Waals surface area contributed by atoms with Crippen LogP contribution in [0.15, 0.2) is 48.2 Å². The van der Waals surface area contributed by atoms with Gasteiger partial charge in [0.25, 0.3) is 0 Å². The van der Waals surface area contributed by atoms with Crippen LogP contribution in [0.5, 0.6) is 0 Å². The van der Waals surface area contributed by atoms with Crippen molar-refractivity contribution in [2.75, 3.05) is 13.1 Å². The van der Waals surface area contributed by atoms with Crippen molar-refractivity contribution < 1.29 is 18.0 Å². The highest BCUT2D eigenvalue weighted by Crippen LogP contribution is 2.35. The number of aryl methyl sites for hydroxylation is 1. The summed E-state index contributed by atoms with van der Waals surface area (Å²) in [6.07, 6.45) is 3.27. The molecule has 0 bridgehead atoms. The van der Waals surface area contributed by atoms with Gasteiger partial charge < -0.3 is 11.1 Å². The third-order valence-corrected chi connectivity index (χ3v) is 5.92. The van der Waals surface area contributed by atoms with E-state index in [0.717, 1.165) is 24.6 Å². The number of allylic oxidation sites excluding steroid dienone is 2. The predicted molar refractivity (Wildman–Crippen MR) is 117 cm³/mol. The number of halogens is 3. The molecule has 0 saturated carbocycles. The van der Waals surface area contributed by atoms with Crippen molar-refractivity contribution in [2.45, 2.75) is 39.0 Å². The highest BCUT2D eigenvalue weighted by molar-refractivity contribution is 6.22. The Bertz CT molecular complexity index is 937. The second-order valence-corrected chi connectivity index (χ2v) is 8.24. The van der Waals surface area contributed by atoms with Crippen LogP contribution in [-0.2, 0) is 11.2 Å².